The van der Waals surface area contributed by atoms with Crippen LogP contribution in [0.4, 0.5) is 11.4 Å². The van der Waals surface area contributed by atoms with E-state index in [1.54, 1.807) is 6.07 Å². The SMILES string of the molecule is Cc1cccc(N=Nc2c(O)n(C)c(=O)n(C)c2=O)c1C. The quantitative estimate of drug-likeness (QED) is 0.855. The molecule has 0 atom stereocenters. The summed E-state index contributed by atoms with van der Waals surface area (Å²) >= 11 is 0. The van der Waals surface area contributed by atoms with E-state index >= 15 is 0 Å². The van der Waals surface area contributed by atoms with Gasteiger partial charge in [-0.2, -0.15) is 0 Å². The Kier molecular flexibility index (Phi) is 3.75. The monoisotopic (exact) mass is 288 g/mol. The van der Waals surface area contributed by atoms with Crippen LogP contribution in [0.5, 0.6) is 5.88 Å². The van der Waals surface area contributed by atoms with Gasteiger partial charge in [-0.3, -0.25) is 13.9 Å². The molecule has 0 unspecified atom stereocenters. The highest BCUT2D eigenvalue weighted by Gasteiger charge is 2.14. The van der Waals surface area contributed by atoms with Gasteiger partial charge < -0.3 is 5.11 Å². The van der Waals surface area contributed by atoms with Gasteiger partial charge in [0.1, 0.15) is 0 Å². The maximum Gasteiger partial charge on any atom is 0.333 e. The van der Waals surface area contributed by atoms with Crippen LogP contribution >= 0.6 is 0 Å². The first-order chi connectivity index (χ1) is 9.84. The molecule has 110 valence electrons. The number of aromatic hydroxyl groups is 1. The lowest BCUT2D eigenvalue weighted by molar-refractivity contribution is 0.413. The molecule has 0 saturated carbocycles. The summed E-state index contributed by atoms with van der Waals surface area (Å²) in [5, 5.41) is 17.7. The Morgan fingerprint density at radius 1 is 1.05 bits per heavy atom. The van der Waals surface area contributed by atoms with Crippen LogP contribution in [0.15, 0.2) is 38.0 Å². The number of hydrogen-bond donors (Lipinski definition) is 1. The van der Waals surface area contributed by atoms with E-state index in [-0.39, 0.29) is 5.69 Å². The molecule has 2 aromatic rings. The lowest BCUT2D eigenvalue weighted by atomic mass is 10.1. The lowest BCUT2D eigenvalue weighted by Gasteiger charge is -2.06. The second-order valence-electron chi connectivity index (χ2n) is 4.80. The molecule has 21 heavy (non-hydrogen) atoms. The molecule has 0 spiro atoms. The van der Waals surface area contributed by atoms with Crippen molar-refractivity contribution in [2.45, 2.75) is 13.8 Å². The average molecular weight is 288 g/mol. The summed E-state index contributed by atoms with van der Waals surface area (Å²) in [5.41, 5.74) is 1.00. The van der Waals surface area contributed by atoms with Crippen LogP contribution in [0.2, 0.25) is 0 Å². The molecule has 7 heteroatoms. The molecule has 1 aromatic heterocycles. The topological polar surface area (TPSA) is 88.9 Å². The molecule has 0 aliphatic rings. The number of hydrogen-bond acceptors (Lipinski definition) is 5. The van der Waals surface area contributed by atoms with E-state index in [0.29, 0.717) is 5.69 Å². The minimum Gasteiger partial charge on any atom is -0.493 e. The molecular formula is C14H16N4O3. The van der Waals surface area contributed by atoms with Crippen LogP contribution in [0.3, 0.4) is 0 Å². The highest BCUT2D eigenvalue weighted by molar-refractivity contribution is 5.50. The Morgan fingerprint density at radius 3 is 2.38 bits per heavy atom. The summed E-state index contributed by atoms with van der Waals surface area (Å²) in [7, 11) is 2.68. The molecule has 0 radical (unpaired) electrons. The molecule has 0 aliphatic heterocycles. The second kappa shape index (κ2) is 5.35. The van der Waals surface area contributed by atoms with Gasteiger partial charge in [-0.25, -0.2) is 4.79 Å². The van der Waals surface area contributed by atoms with E-state index in [0.717, 1.165) is 20.3 Å². The number of benzene rings is 1. The summed E-state index contributed by atoms with van der Waals surface area (Å²) in [6.07, 6.45) is 0. The zero-order chi connectivity index (χ0) is 15.7. The smallest absolute Gasteiger partial charge is 0.333 e. The molecule has 2 rings (SSSR count). The van der Waals surface area contributed by atoms with Crippen molar-refractivity contribution >= 4 is 11.4 Å². The fourth-order valence-corrected chi connectivity index (χ4v) is 1.85. The molecule has 7 nitrogen and oxygen atoms in total. The second-order valence-corrected chi connectivity index (χ2v) is 4.80. The van der Waals surface area contributed by atoms with Crippen molar-refractivity contribution in [3.05, 3.63) is 50.2 Å². The van der Waals surface area contributed by atoms with E-state index in [2.05, 4.69) is 10.2 Å². The van der Waals surface area contributed by atoms with Gasteiger partial charge in [0.25, 0.3) is 5.56 Å². The number of rotatable bonds is 2. The van der Waals surface area contributed by atoms with E-state index in [9.17, 15) is 14.7 Å². The first-order valence-electron chi connectivity index (χ1n) is 6.31. The van der Waals surface area contributed by atoms with Gasteiger partial charge in [-0.15, -0.1) is 10.2 Å². The Hall–Kier alpha value is -2.70. The van der Waals surface area contributed by atoms with E-state index in [1.807, 2.05) is 26.0 Å². The zero-order valence-corrected chi connectivity index (χ0v) is 12.3. The third-order valence-corrected chi connectivity index (χ3v) is 3.44. The third kappa shape index (κ3) is 2.49. The summed E-state index contributed by atoms with van der Waals surface area (Å²) in [4.78, 5) is 23.6. The van der Waals surface area contributed by atoms with Gasteiger partial charge in [0.15, 0.2) is 0 Å². The van der Waals surface area contributed by atoms with Gasteiger partial charge >= 0.3 is 5.69 Å². The number of aryl methyl sites for hydroxylation is 1. The maximum atomic E-state index is 12.0. The minimum atomic E-state index is -0.690. The largest absolute Gasteiger partial charge is 0.493 e. The summed E-state index contributed by atoms with van der Waals surface area (Å²) in [5.74, 6) is -0.503. The fraction of sp³-hybridized carbons (Fsp3) is 0.286. The number of aromatic nitrogens is 2. The van der Waals surface area contributed by atoms with Gasteiger partial charge in [0.05, 0.1) is 5.69 Å². The highest BCUT2D eigenvalue weighted by Crippen LogP contribution is 2.25. The standard InChI is InChI=1S/C14H16N4O3/c1-8-6-5-7-10(9(8)2)15-16-11-12(19)17(3)14(21)18(4)13(11)20/h5-7,19H,1-4H3. The molecular weight excluding hydrogens is 272 g/mol. The first-order valence-corrected chi connectivity index (χ1v) is 6.31. The van der Waals surface area contributed by atoms with Crippen molar-refractivity contribution < 1.29 is 5.11 Å². The molecule has 0 amide bonds. The normalized spacial score (nSPS) is 11.2. The van der Waals surface area contributed by atoms with Crippen molar-refractivity contribution in [3.63, 3.8) is 0 Å². The molecule has 0 aliphatic carbocycles. The van der Waals surface area contributed by atoms with E-state index < -0.39 is 17.1 Å². The predicted octanol–water partition coefficient (Wildman–Crippen LogP) is 1.82. The number of azo groups is 1. The van der Waals surface area contributed by atoms with Crippen molar-refractivity contribution in [2.75, 3.05) is 0 Å². The van der Waals surface area contributed by atoms with E-state index in [1.165, 1.54) is 14.1 Å². The molecule has 0 fully saturated rings. The van der Waals surface area contributed by atoms with Gasteiger partial charge in [0.2, 0.25) is 11.6 Å². The lowest BCUT2D eigenvalue weighted by Crippen LogP contribution is -2.36. The minimum absolute atomic E-state index is 0.263. The third-order valence-electron chi connectivity index (χ3n) is 3.44. The summed E-state index contributed by atoms with van der Waals surface area (Å²) < 4.78 is 1.82. The Labute approximate surface area is 120 Å². The zero-order valence-electron chi connectivity index (χ0n) is 12.3. The van der Waals surface area contributed by atoms with Crippen molar-refractivity contribution in [1.29, 1.82) is 0 Å². The van der Waals surface area contributed by atoms with Crippen LogP contribution in [-0.4, -0.2) is 14.2 Å². The molecule has 1 heterocycles. The number of nitrogens with zero attached hydrogens (tertiary/aromatic N) is 4. The van der Waals surface area contributed by atoms with Crippen LogP contribution in [-0.2, 0) is 14.1 Å². The van der Waals surface area contributed by atoms with Crippen LogP contribution < -0.4 is 11.2 Å². The Bertz CT molecular complexity index is 847. The Morgan fingerprint density at radius 2 is 1.71 bits per heavy atom. The van der Waals surface area contributed by atoms with Gasteiger partial charge in [-0.1, -0.05) is 12.1 Å². The van der Waals surface area contributed by atoms with Crippen LogP contribution in [0, 0.1) is 13.8 Å². The fourth-order valence-electron chi connectivity index (χ4n) is 1.85. The van der Waals surface area contributed by atoms with Crippen molar-refractivity contribution in [1.82, 2.24) is 9.13 Å². The summed E-state index contributed by atoms with van der Waals surface area (Å²) in [6.45, 7) is 3.83. The average Bonchev–Trinajstić information content (AvgIpc) is 2.47. The molecule has 1 aromatic carbocycles. The van der Waals surface area contributed by atoms with Crippen molar-refractivity contribution in [3.8, 4) is 5.88 Å². The Balaban J connectivity index is 2.60. The molecule has 1 N–H and O–H groups in total. The van der Waals surface area contributed by atoms with Crippen LogP contribution in [0.1, 0.15) is 11.1 Å². The van der Waals surface area contributed by atoms with E-state index in [4.69, 9.17) is 0 Å². The van der Waals surface area contributed by atoms with Crippen molar-refractivity contribution in [2.24, 2.45) is 24.3 Å². The first kappa shape index (κ1) is 14.7. The maximum absolute atomic E-state index is 12.0. The highest BCUT2D eigenvalue weighted by atomic mass is 16.3. The molecule has 0 bridgehead atoms. The summed E-state index contributed by atoms with van der Waals surface area (Å²) in [6, 6.07) is 5.53. The predicted molar refractivity (Wildman–Crippen MR) is 78.7 cm³/mol. The van der Waals surface area contributed by atoms with Gasteiger partial charge in [-0.05, 0) is 31.0 Å². The molecule has 0 saturated heterocycles. The van der Waals surface area contributed by atoms with Crippen LogP contribution in [0.25, 0.3) is 0 Å². The van der Waals surface area contributed by atoms with Gasteiger partial charge in [0, 0.05) is 14.1 Å².